The lowest BCUT2D eigenvalue weighted by atomic mass is 9.84. The molecule has 2 nitrogen and oxygen atoms in total. The van der Waals surface area contributed by atoms with Crippen LogP contribution in [-0.4, -0.2) is 9.38 Å². The molecule has 0 aliphatic heterocycles. The molecular formula is C47H28N2. The van der Waals surface area contributed by atoms with E-state index in [0.29, 0.717) is 0 Å². The number of fused-ring (bicyclic) bond motifs is 8. The number of hydrogen-bond donors (Lipinski definition) is 0. The molecule has 49 heavy (non-hydrogen) atoms. The second kappa shape index (κ2) is 10.00. The molecule has 0 N–H and O–H groups in total. The molecule has 11 rings (SSSR count). The third-order valence-corrected chi connectivity index (χ3v) is 10.5. The first-order chi connectivity index (χ1) is 24.3. The van der Waals surface area contributed by atoms with Crippen LogP contribution in [0.25, 0.3) is 103 Å². The summed E-state index contributed by atoms with van der Waals surface area (Å²) in [7, 11) is 0. The highest BCUT2D eigenvalue weighted by Gasteiger charge is 2.20. The summed E-state index contributed by atoms with van der Waals surface area (Å²) in [4.78, 5) is 5.12. The molecule has 0 spiro atoms. The first kappa shape index (κ1) is 26.5. The molecule has 0 atom stereocenters. The second-order valence-corrected chi connectivity index (χ2v) is 13.1. The standard InChI is InChI=1S/C47H28N2/c1-3-15-34-32(13-1)33-14-2-4-16-35(33)41-27-31(26-30-24-23-29-12-11-21-36(34)45(29)46(30)41)44-37-17-5-7-19-39(37)47(40-20-8-6-18-38(40)44)42-28-49-25-10-9-22-43(49)48-42/h1-28H. The minimum Gasteiger partial charge on any atom is -0.306 e. The van der Waals surface area contributed by atoms with Gasteiger partial charge >= 0.3 is 0 Å². The van der Waals surface area contributed by atoms with Crippen LogP contribution in [0.2, 0.25) is 0 Å². The molecule has 0 aliphatic rings. The Kier molecular flexibility index (Phi) is 5.42. The lowest BCUT2D eigenvalue weighted by Crippen LogP contribution is -1.92. The number of hydrogen-bond acceptors (Lipinski definition) is 1. The summed E-state index contributed by atoms with van der Waals surface area (Å²) < 4.78 is 2.11. The van der Waals surface area contributed by atoms with Crippen LogP contribution >= 0.6 is 0 Å². The Morgan fingerprint density at radius 2 is 0.878 bits per heavy atom. The molecule has 9 aromatic carbocycles. The first-order valence-electron chi connectivity index (χ1n) is 16.9. The fraction of sp³-hybridized carbons (Fsp3) is 0. The maximum Gasteiger partial charge on any atom is 0.137 e. The Hall–Kier alpha value is -6.51. The van der Waals surface area contributed by atoms with E-state index in [1.54, 1.807) is 0 Å². The maximum atomic E-state index is 5.12. The van der Waals surface area contributed by atoms with Crippen molar-refractivity contribution in [3.05, 3.63) is 170 Å². The van der Waals surface area contributed by atoms with E-state index in [2.05, 4.69) is 168 Å². The van der Waals surface area contributed by atoms with Gasteiger partial charge in [0, 0.05) is 18.0 Å². The topological polar surface area (TPSA) is 17.3 Å². The second-order valence-electron chi connectivity index (χ2n) is 13.1. The zero-order valence-electron chi connectivity index (χ0n) is 26.6. The van der Waals surface area contributed by atoms with Gasteiger partial charge in [0.2, 0.25) is 0 Å². The number of benzene rings is 8. The minimum absolute atomic E-state index is 0.946. The van der Waals surface area contributed by atoms with Crippen LogP contribution in [0.15, 0.2) is 170 Å². The van der Waals surface area contributed by atoms with Crippen molar-refractivity contribution in [1.29, 1.82) is 0 Å². The van der Waals surface area contributed by atoms with Gasteiger partial charge in [-0.05, 0) is 111 Å². The van der Waals surface area contributed by atoms with Gasteiger partial charge in [0.25, 0.3) is 0 Å². The average molecular weight is 621 g/mol. The molecule has 226 valence electrons. The Morgan fingerprint density at radius 3 is 1.53 bits per heavy atom. The molecule has 0 unspecified atom stereocenters. The third kappa shape index (κ3) is 3.74. The molecule has 0 fully saturated rings. The van der Waals surface area contributed by atoms with E-state index >= 15 is 0 Å². The fourth-order valence-corrected chi connectivity index (χ4v) is 8.50. The minimum atomic E-state index is 0.946. The van der Waals surface area contributed by atoms with Gasteiger partial charge in [-0.1, -0.05) is 133 Å². The van der Waals surface area contributed by atoms with Crippen LogP contribution in [0.4, 0.5) is 0 Å². The average Bonchev–Trinajstić information content (AvgIpc) is 3.59. The molecule has 2 aromatic heterocycles. The highest BCUT2D eigenvalue weighted by Crippen LogP contribution is 2.47. The summed E-state index contributed by atoms with van der Waals surface area (Å²) in [6.07, 6.45) is 4.23. The molecule has 2 heterocycles. The normalized spacial score (nSPS) is 12.1. The largest absolute Gasteiger partial charge is 0.306 e. The van der Waals surface area contributed by atoms with Crippen LogP contribution in [0, 0.1) is 0 Å². The van der Waals surface area contributed by atoms with E-state index in [4.69, 9.17) is 4.98 Å². The van der Waals surface area contributed by atoms with E-state index in [-0.39, 0.29) is 0 Å². The van der Waals surface area contributed by atoms with E-state index in [9.17, 15) is 0 Å². The van der Waals surface area contributed by atoms with E-state index in [0.717, 1.165) is 11.3 Å². The Bertz CT molecular complexity index is 3080. The van der Waals surface area contributed by atoms with Crippen molar-refractivity contribution in [2.45, 2.75) is 0 Å². The number of aromatic nitrogens is 2. The molecule has 0 bridgehead atoms. The Morgan fingerprint density at radius 1 is 0.367 bits per heavy atom. The summed E-state index contributed by atoms with van der Waals surface area (Å²) in [5.74, 6) is 0. The van der Waals surface area contributed by atoms with Crippen molar-refractivity contribution in [3.8, 4) is 22.4 Å². The number of pyridine rings is 1. The Balaban J connectivity index is 1.34. The van der Waals surface area contributed by atoms with Crippen LogP contribution in [-0.2, 0) is 0 Å². The van der Waals surface area contributed by atoms with E-state index < -0.39 is 0 Å². The SMILES string of the molecule is c1ccc2c(-c3cn4ccccc4n3)c3ccccc3c(-c3cc4ccc5cccc6c7ccccc7c7ccccc7c(c3)c4c56)c2c1. The van der Waals surface area contributed by atoms with Crippen molar-refractivity contribution < 1.29 is 0 Å². The zero-order valence-corrected chi connectivity index (χ0v) is 26.6. The van der Waals surface area contributed by atoms with E-state index in [1.165, 1.54) is 92.1 Å². The first-order valence-corrected chi connectivity index (χ1v) is 16.9. The molecule has 0 radical (unpaired) electrons. The zero-order chi connectivity index (χ0) is 32.1. The molecule has 0 saturated heterocycles. The smallest absolute Gasteiger partial charge is 0.137 e. The highest BCUT2D eigenvalue weighted by molar-refractivity contribution is 6.34. The Labute approximate surface area is 282 Å². The fourth-order valence-electron chi connectivity index (χ4n) is 8.50. The van der Waals surface area contributed by atoms with Crippen molar-refractivity contribution in [2.75, 3.05) is 0 Å². The van der Waals surface area contributed by atoms with Gasteiger partial charge in [0.05, 0.1) is 5.69 Å². The van der Waals surface area contributed by atoms with Gasteiger partial charge in [-0.15, -0.1) is 0 Å². The molecular weight excluding hydrogens is 593 g/mol. The monoisotopic (exact) mass is 620 g/mol. The molecule has 0 saturated carbocycles. The van der Waals surface area contributed by atoms with Gasteiger partial charge in [-0.3, -0.25) is 0 Å². The lowest BCUT2D eigenvalue weighted by Gasteiger charge is -2.19. The highest BCUT2D eigenvalue weighted by atomic mass is 15.0. The van der Waals surface area contributed by atoms with Crippen LogP contribution in [0.1, 0.15) is 0 Å². The maximum absolute atomic E-state index is 5.12. The number of imidazole rings is 1. The predicted octanol–water partition coefficient (Wildman–Crippen LogP) is 12.7. The quantitative estimate of drug-likeness (QED) is 0.139. The van der Waals surface area contributed by atoms with E-state index in [1.807, 2.05) is 6.07 Å². The molecule has 0 amide bonds. The summed E-state index contributed by atoms with van der Waals surface area (Å²) >= 11 is 0. The van der Waals surface area contributed by atoms with Gasteiger partial charge in [-0.25, -0.2) is 4.98 Å². The van der Waals surface area contributed by atoms with Crippen molar-refractivity contribution in [3.63, 3.8) is 0 Å². The van der Waals surface area contributed by atoms with Crippen molar-refractivity contribution in [2.24, 2.45) is 0 Å². The van der Waals surface area contributed by atoms with Crippen LogP contribution in [0.5, 0.6) is 0 Å². The summed E-state index contributed by atoms with van der Waals surface area (Å²) in [6, 6.07) is 58.0. The number of rotatable bonds is 2. The molecule has 11 aromatic rings. The van der Waals surface area contributed by atoms with Gasteiger partial charge in [0.15, 0.2) is 0 Å². The van der Waals surface area contributed by atoms with Crippen molar-refractivity contribution in [1.82, 2.24) is 9.38 Å². The third-order valence-electron chi connectivity index (χ3n) is 10.5. The predicted molar refractivity (Wildman–Crippen MR) is 209 cm³/mol. The lowest BCUT2D eigenvalue weighted by molar-refractivity contribution is 1.19. The summed E-state index contributed by atoms with van der Waals surface area (Å²) in [5.41, 5.74) is 5.58. The molecule has 2 heteroatoms. The summed E-state index contributed by atoms with van der Waals surface area (Å²) in [6.45, 7) is 0. The molecule has 0 aliphatic carbocycles. The summed E-state index contributed by atoms with van der Waals surface area (Å²) in [5, 5.41) is 17.6. The van der Waals surface area contributed by atoms with Crippen molar-refractivity contribution >= 4 is 81.1 Å². The van der Waals surface area contributed by atoms with Gasteiger partial charge in [-0.2, -0.15) is 0 Å². The number of nitrogens with zero attached hydrogens (tertiary/aromatic N) is 2. The van der Waals surface area contributed by atoms with Gasteiger partial charge in [0.1, 0.15) is 5.65 Å². The van der Waals surface area contributed by atoms with Crippen LogP contribution < -0.4 is 0 Å². The van der Waals surface area contributed by atoms with Crippen LogP contribution in [0.3, 0.4) is 0 Å². The van der Waals surface area contributed by atoms with Gasteiger partial charge < -0.3 is 4.40 Å².